The van der Waals surface area contributed by atoms with E-state index in [1.54, 1.807) is 10.4 Å². The monoisotopic (exact) mass is 289 g/mol. The normalized spacial score (nSPS) is 38.5. The summed E-state index contributed by atoms with van der Waals surface area (Å²) in [5.74, 6) is 1.78. The smallest absolute Gasteiger partial charge is 0.0305 e. The molecule has 0 spiro atoms. The van der Waals surface area contributed by atoms with Crippen LogP contribution < -0.4 is 5.32 Å². The van der Waals surface area contributed by atoms with Gasteiger partial charge >= 0.3 is 0 Å². The Morgan fingerprint density at radius 1 is 1.25 bits per heavy atom. The molecule has 2 heteroatoms. The highest BCUT2D eigenvalue weighted by Gasteiger charge is 2.60. The third kappa shape index (κ3) is 1.84. The van der Waals surface area contributed by atoms with E-state index in [0.717, 1.165) is 24.4 Å². The van der Waals surface area contributed by atoms with Gasteiger partial charge in [-0.2, -0.15) is 0 Å². The first kappa shape index (κ1) is 13.3. The Kier molecular flexibility index (Phi) is 2.89. The van der Waals surface area contributed by atoms with Gasteiger partial charge in [-0.15, -0.1) is 11.3 Å². The van der Waals surface area contributed by atoms with Crippen LogP contribution in [-0.4, -0.2) is 6.04 Å². The fourth-order valence-electron chi connectivity index (χ4n) is 4.99. The summed E-state index contributed by atoms with van der Waals surface area (Å²) >= 11 is 1.96. The van der Waals surface area contributed by atoms with Gasteiger partial charge in [0.25, 0.3) is 0 Å². The van der Waals surface area contributed by atoms with Crippen molar-refractivity contribution >= 4 is 11.3 Å². The molecule has 0 aromatic carbocycles. The highest BCUT2D eigenvalue weighted by atomic mass is 32.1. The quantitative estimate of drug-likeness (QED) is 0.828. The van der Waals surface area contributed by atoms with Gasteiger partial charge in [-0.1, -0.05) is 20.8 Å². The Morgan fingerprint density at radius 2 is 2.05 bits per heavy atom. The lowest BCUT2D eigenvalue weighted by Gasteiger charge is -2.33. The molecule has 3 aliphatic rings. The average Bonchev–Trinajstić information content (AvgIpc) is 3.05. The molecular formula is C18H27NS. The van der Waals surface area contributed by atoms with Crippen LogP contribution in [0.25, 0.3) is 0 Å². The standard InChI is InChI=1S/C18H27NS/c1-17(2)14-6-8-18(17,3)10-15(14)19-11-16-13(7-9-20-16)12-4-5-12/h7,9,12,14-15,19H,4-6,8,10-11H2,1-3H3/t14-,15+,18-/m1/s1. The molecule has 1 aromatic heterocycles. The third-order valence-electron chi connectivity index (χ3n) is 6.97. The first-order valence-electron chi connectivity index (χ1n) is 8.31. The number of fused-ring (bicyclic) bond motifs is 2. The largest absolute Gasteiger partial charge is 0.309 e. The van der Waals surface area contributed by atoms with Gasteiger partial charge in [0.1, 0.15) is 0 Å². The van der Waals surface area contributed by atoms with Crippen LogP contribution in [0.4, 0.5) is 0 Å². The van der Waals surface area contributed by atoms with Crippen molar-refractivity contribution in [3.05, 3.63) is 21.9 Å². The molecule has 20 heavy (non-hydrogen) atoms. The summed E-state index contributed by atoms with van der Waals surface area (Å²) in [6.45, 7) is 8.65. The minimum atomic E-state index is 0.527. The van der Waals surface area contributed by atoms with Crippen molar-refractivity contribution in [2.75, 3.05) is 0 Å². The predicted octanol–water partition coefficient (Wildman–Crippen LogP) is 4.93. The second kappa shape index (κ2) is 4.33. The number of hydrogen-bond donors (Lipinski definition) is 1. The summed E-state index contributed by atoms with van der Waals surface area (Å²) in [5.41, 5.74) is 2.75. The van der Waals surface area contributed by atoms with E-state index < -0.39 is 0 Å². The summed E-state index contributed by atoms with van der Waals surface area (Å²) in [4.78, 5) is 1.61. The average molecular weight is 289 g/mol. The van der Waals surface area contributed by atoms with Gasteiger partial charge in [0.05, 0.1) is 0 Å². The Hall–Kier alpha value is -0.340. The minimum Gasteiger partial charge on any atom is -0.309 e. The van der Waals surface area contributed by atoms with Crippen LogP contribution in [-0.2, 0) is 6.54 Å². The minimum absolute atomic E-state index is 0.527. The van der Waals surface area contributed by atoms with Gasteiger partial charge in [-0.25, -0.2) is 0 Å². The SMILES string of the molecule is CC1(C)[C@@H]2CC[C@]1(C)C[C@@H]2NCc1sccc1C1CC1. The van der Waals surface area contributed by atoms with Gasteiger partial charge in [0, 0.05) is 17.5 Å². The summed E-state index contributed by atoms with van der Waals surface area (Å²) in [6.07, 6.45) is 7.09. The lowest BCUT2D eigenvalue weighted by Crippen LogP contribution is -2.35. The fourth-order valence-corrected chi connectivity index (χ4v) is 5.91. The van der Waals surface area contributed by atoms with Crippen LogP contribution in [0.3, 0.4) is 0 Å². The summed E-state index contributed by atoms with van der Waals surface area (Å²) < 4.78 is 0. The summed E-state index contributed by atoms with van der Waals surface area (Å²) in [6, 6.07) is 3.11. The van der Waals surface area contributed by atoms with E-state index in [0.29, 0.717) is 10.8 Å². The Labute approximate surface area is 127 Å². The van der Waals surface area contributed by atoms with Crippen molar-refractivity contribution in [2.45, 2.75) is 71.4 Å². The number of rotatable bonds is 4. The van der Waals surface area contributed by atoms with Crippen LogP contribution in [0.5, 0.6) is 0 Å². The molecule has 110 valence electrons. The van der Waals surface area contributed by atoms with Crippen molar-refractivity contribution in [2.24, 2.45) is 16.7 Å². The molecular weight excluding hydrogens is 262 g/mol. The number of hydrogen-bond acceptors (Lipinski definition) is 2. The topological polar surface area (TPSA) is 12.0 Å². The zero-order valence-electron chi connectivity index (χ0n) is 13.0. The summed E-state index contributed by atoms with van der Waals surface area (Å²) in [5, 5.41) is 6.22. The first-order valence-corrected chi connectivity index (χ1v) is 9.19. The van der Waals surface area contributed by atoms with E-state index in [1.807, 2.05) is 11.3 Å². The molecule has 0 aliphatic heterocycles. The Bertz CT molecular complexity index is 510. The van der Waals surface area contributed by atoms with Crippen LogP contribution in [0.15, 0.2) is 11.4 Å². The van der Waals surface area contributed by atoms with E-state index in [4.69, 9.17) is 0 Å². The van der Waals surface area contributed by atoms with E-state index >= 15 is 0 Å². The highest BCUT2D eigenvalue weighted by Crippen LogP contribution is 2.65. The molecule has 0 amide bonds. The second-order valence-electron chi connectivity index (χ2n) is 8.19. The van der Waals surface area contributed by atoms with Crippen molar-refractivity contribution in [1.29, 1.82) is 0 Å². The van der Waals surface area contributed by atoms with Crippen LogP contribution >= 0.6 is 11.3 Å². The predicted molar refractivity (Wildman–Crippen MR) is 86.2 cm³/mol. The van der Waals surface area contributed by atoms with Crippen LogP contribution in [0.1, 0.15) is 69.2 Å². The highest BCUT2D eigenvalue weighted by molar-refractivity contribution is 7.10. The van der Waals surface area contributed by atoms with E-state index in [-0.39, 0.29) is 0 Å². The maximum absolute atomic E-state index is 3.93. The Morgan fingerprint density at radius 3 is 2.65 bits per heavy atom. The van der Waals surface area contributed by atoms with E-state index in [2.05, 4.69) is 37.5 Å². The first-order chi connectivity index (χ1) is 9.51. The molecule has 1 nitrogen and oxygen atoms in total. The van der Waals surface area contributed by atoms with Crippen molar-refractivity contribution in [3.8, 4) is 0 Å². The number of thiophene rings is 1. The molecule has 2 bridgehead atoms. The molecule has 3 aliphatic carbocycles. The fraction of sp³-hybridized carbons (Fsp3) is 0.778. The molecule has 1 N–H and O–H groups in total. The van der Waals surface area contributed by atoms with Crippen molar-refractivity contribution in [3.63, 3.8) is 0 Å². The van der Waals surface area contributed by atoms with Crippen LogP contribution in [0.2, 0.25) is 0 Å². The van der Waals surface area contributed by atoms with Gasteiger partial charge in [-0.3, -0.25) is 0 Å². The molecule has 3 atom stereocenters. The van der Waals surface area contributed by atoms with Gasteiger partial charge in [-0.05, 0) is 71.8 Å². The van der Waals surface area contributed by atoms with Crippen molar-refractivity contribution < 1.29 is 0 Å². The maximum atomic E-state index is 3.93. The lowest BCUT2D eigenvalue weighted by atomic mass is 9.71. The van der Waals surface area contributed by atoms with E-state index in [9.17, 15) is 0 Å². The second-order valence-corrected chi connectivity index (χ2v) is 9.19. The zero-order valence-corrected chi connectivity index (χ0v) is 13.9. The van der Waals surface area contributed by atoms with E-state index in [1.165, 1.54) is 32.1 Å². The Balaban J connectivity index is 1.45. The molecule has 3 fully saturated rings. The zero-order chi connectivity index (χ0) is 14.0. The number of nitrogens with one attached hydrogen (secondary N) is 1. The molecule has 0 radical (unpaired) electrons. The maximum Gasteiger partial charge on any atom is 0.0305 e. The van der Waals surface area contributed by atoms with Crippen LogP contribution in [0, 0.1) is 16.7 Å². The van der Waals surface area contributed by atoms with Gasteiger partial charge in [0.2, 0.25) is 0 Å². The molecule has 0 saturated heterocycles. The molecule has 3 saturated carbocycles. The van der Waals surface area contributed by atoms with Gasteiger partial charge < -0.3 is 5.32 Å². The lowest BCUT2D eigenvalue weighted by molar-refractivity contribution is 0.152. The molecule has 4 rings (SSSR count). The molecule has 1 aromatic rings. The van der Waals surface area contributed by atoms with Crippen molar-refractivity contribution in [1.82, 2.24) is 5.32 Å². The summed E-state index contributed by atoms with van der Waals surface area (Å²) in [7, 11) is 0. The molecule has 0 unspecified atom stereocenters. The van der Waals surface area contributed by atoms with Gasteiger partial charge in [0.15, 0.2) is 0 Å². The third-order valence-corrected chi connectivity index (χ3v) is 7.90. The molecule has 1 heterocycles.